The maximum Gasteiger partial charge on any atom is 0.509 e. The normalized spacial score (nSPS) is 39.3. The highest BCUT2D eigenvalue weighted by molar-refractivity contribution is 5.79. The Labute approximate surface area is 832 Å². The molecule has 6 aliphatic heterocycles. The molecule has 38 heteroatoms. The second-order valence-corrected chi connectivity index (χ2v) is 41.2. The van der Waals surface area contributed by atoms with E-state index in [0.29, 0.717) is 45.6 Å². The number of esters is 4. The third kappa shape index (κ3) is 32.2. The van der Waals surface area contributed by atoms with Crippen LogP contribution in [0, 0.1) is 46.8 Å². The molecule has 140 heavy (non-hydrogen) atoms. The number of amides is 2. The minimum absolute atomic E-state index is 0.00881. The summed E-state index contributed by atoms with van der Waals surface area (Å²) in [6, 6.07) is 8.46. The molecule has 0 unspecified atom stereocenters. The van der Waals surface area contributed by atoms with E-state index < -0.39 is 240 Å². The number of ether oxygens (including phenoxy) is 18. The molecule has 1 aromatic rings. The Morgan fingerprint density at radius 2 is 0.893 bits per heavy atom. The first-order chi connectivity index (χ1) is 65.7. The van der Waals surface area contributed by atoms with Crippen LogP contribution in [0.1, 0.15) is 249 Å². The van der Waals surface area contributed by atoms with E-state index in [1.807, 2.05) is 105 Å². The molecule has 6 aliphatic rings. The molecule has 0 aromatic heterocycles. The Hall–Kier alpha value is -6.08. The molecule has 6 heterocycles. The summed E-state index contributed by atoms with van der Waals surface area (Å²) in [6.45, 7) is 47.9. The average molecular weight is 2000 g/mol. The molecular weight excluding hydrogens is 1820 g/mol. The summed E-state index contributed by atoms with van der Waals surface area (Å²) < 4.78 is 115. The molecule has 7 rings (SSSR count). The van der Waals surface area contributed by atoms with Gasteiger partial charge in [0.15, 0.2) is 43.5 Å². The number of methoxy groups -OCH3 is 4. The van der Waals surface area contributed by atoms with Gasteiger partial charge in [0.1, 0.15) is 59.5 Å². The van der Waals surface area contributed by atoms with Crippen molar-refractivity contribution >= 4 is 41.8 Å². The van der Waals surface area contributed by atoms with Gasteiger partial charge < -0.3 is 142 Å². The third-order valence-electron chi connectivity index (χ3n) is 30.3. The topological polar surface area (TPSA) is 474 Å². The number of benzene rings is 1. The minimum Gasteiger partial charge on any atom is -0.459 e. The Balaban J connectivity index is 0.000000434. The van der Waals surface area contributed by atoms with Crippen LogP contribution in [0.15, 0.2) is 30.3 Å². The van der Waals surface area contributed by atoms with Crippen LogP contribution in [0.3, 0.4) is 0 Å². The number of cyclic esters (lactones) is 2. The van der Waals surface area contributed by atoms with Gasteiger partial charge in [0.2, 0.25) is 11.8 Å². The lowest BCUT2D eigenvalue weighted by atomic mass is 9.77. The number of nitrogens with one attached hydrogen (secondary N) is 2. The van der Waals surface area contributed by atoms with Crippen LogP contribution < -0.4 is 16.4 Å². The molecule has 0 spiro atoms. The zero-order valence-electron chi connectivity index (χ0n) is 89.5. The van der Waals surface area contributed by atoms with E-state index in [-0.39, 0.29) is 82.5 Å². The molecular formula is C102H178N8O30. The van der Waals surface area contributed by atoms with Crippen molar-refractivity contribution < 1.29 is 144 Å². The Morgan fingerprint density at radius 1 is 0.507 bits per heavy atom. The zero-order chi connectivity index (χ0) is 105. The fourth-order valence-corrected chi connectivity index (χ4v) is 21.0. The Bertz CT molecular complexity index is 3990. The summed E-state index contributed by atoms with van der Waals surface area (Å²) in [5.74, 6) is -8.69. The van der Waals surface area contributed by atoms with E-state index in [2.05, 4.69) is 31.4 Å². The number of carbonyl (C=O) groups is 7. The number of hydrogen-bond donors (Lipinski definition) is 8. The van der Waals surface area contributed by atoms with Crippen molar-refractivity contribution in [1.82, 2.24) is 30.2 Å². The third-order valence-corrected chi connectivity index (χ3v) is 30.3. The van der Waals surface area contributed by atoms with Gasteiger partial charge in [0, 0.05) is 97.0 Å². The Kier molecular flexibility index (Phi) is 48.7. The van der Waals surface area contributed by atoms with Gasteiger partial charge in [0.25, 0.3) is 0 Å². The maximum atomic E-state index is 14.8. The van der Waals surface area contributed by atoms with Gasteiger partial charge in [-0.1, -0.05) is 99.6 Å². The van der Waals surface area contributed by atoms with E-state index in [1.165, 1.54) is 42.3 Å². The molecule has 9 N–H and O–H groups in total. The molecule has 36 atom stereocenters. The zero-order valence-corrected chi connectivity index (χ0v) is 89.5. The molecule has 0 bridgehead atoms. The summed E-state index contributed by atoms with van der Waals surface area (Å²) in [6.07, 6.45) is -19.2. The van der Waals surface area contributed by atoms with Crippen molar-refractivity contribution in [2.75, 3.05) is 101 Å². The van der Waals surface area contributed by atoms with Crippen molar-refractivity contribution in [2.24, 2.45) is 41.2 Å². The molecule has 806 valence electrons. The highest BCUT2D eigenvalue weighted by atomic mass is 16.8. The standard InChI is InChI=1S/C55H90N4O16.C47H88N4O14/c1-16-41-55(12,65)46(61)37(8)57-49(62)33(4)30-53(10,66-14)47(75-51-45(40(29-34(5)69-51)58(13)27-22-26-56)74-52(64)68-32-39-23-20-19-21-24-39)35(6)44(36(7)50(63)71-41)73-43-31-54(11,67-15)48(38(9)70-43)72-42(60)25-28-59(17-2)18-3;1-16-34-47(12,57)39(54)31(8)49-42(55)27(4)25-45(10,58-14)40(65-44-37(53)33(24-28(5)60-44)50(13)22-19-21-48)29(6)38(30(7)43(56)62-34)64-36-26-46(11,59-15)41(32(9)61-36)63-35(52)20-23-51(17-2)18-3/h19-21,23-24,33-38,40-41,43-48,51,61,65H,16-18,22,25,27-32H2,1-15H3,(H,57,62);27-34,36-41,44,53-54,57H,16-26,48H2,1-15H3,(H,49,55)/t33-,34-,35+,36-,37-,38+,40+,41-,43+,44+,45-,46-,47-,48+,51+,53-,54-,55-;27-,28-,29+,30-,31-,32+,33+,34-,36+,37-,38+,39-,40-,41+,44+,45-,46-,47-/m11/s1. The lowest BCUT2D eigenvalue weighted by molar-refractivity contribution is -0.320. The van der Waals surface area contributed by atoms with Gasteiger partial charge in [-0.3, -0.25) is 33.7 Å². The summed E-state index contributed by atoms with van der Waals surface area (Å²) >= 11 is 0. The summed E-state index contributed by atoms with van der Waals surface area (Å²) in [4.78, 5) is 106. The number of nitriles is 1. The fourth-order valence-electron chi connectivity index (χ4n) is 21.0. The van der Waals surface area contributed by atoms with Gasteiger partial charge in [-0.2, -0.15) is 5.26 Å². The van der Waals surface area contributed by atoms with E-state index in [1.54, 1.807) is 96.9 Å². The number of hydrogen-bond acceptors (Lipinski definition) is 36. The van der Waals surface area contributed by atoms with Gasteiger partial charge >= 0.3 is 30.0 Å². The van der Waals surface area contributed by atoms with Crippen LogP contribution >= 0.6 is 0 Å². The molecule has 6 fully saturated rings. The fraction of sp³-hybridized carbons (Fsp3) is 0.863. The maximum absolute atomic E-state index is 14.8. The van der Waals surface area contributed by atoms with Gasteiger partial charge in [-0.05, 0) is 201 Å². The second-order valence-electron chi connectivity index (χ2n) is 41.2. The highest BCUT2D eigenvalue weighted by Crippen LogP contribution is 2.46. The number of nitrogens with zero attached hydrogens (tertiary/aromatic N) is 5. The first-order valence-electron chi connectivity index (χ1n) is 50.8. The van der Waals surface area contributed by atoms with Crippen LogP contribution in [-0.4, -0.2) is 369 Å². The average Bonchev–Trinajstić information content (AvgIpc) is 0.894. The number of nitrogens with two attached hydrogens (primary N) is 1. The molecule has 1 aromatic carbocycles. The predicted octanol–water partition coefficient (Wildman–Crippen LogP) is 8.41. The highest BCUT2D eigenvalue weighted by Gasteiger charge is 2.59. The van der Waals surface area contributed by atoms with Crippen molar-refractivity contribution in [3.63, 3.8) is 0 Å². The molecule has 6 saturated heterocycles. The largest absolute Gasteiger partial charge is 0.509 e. The lowest BCUT2D eigenvalue weighted by Crippen LogP contribution is -2.62. The van der Waals surface area contributed by atoms with Gasteiger partial charge in [0.05, 0.1) is 109 Å². The number of aliphatic hydroxyl groups excluding tert-OH is 3. The summed E-state index contributed by atoms with van der Waals surface area (Å²) in [7, 11) is 9.78. The van der Waals surface area contributed by atoms with Crippen molar-refractivity contribution in [2.45, 2.75) is 430 Å². The van der Waals surface area contributed by atoms with Crippen molar-refractivity contribution in [3.8, 4) is 6.07 Å². The lowest BCUT2D eigenvalue weighted by Gasteiger charge is -2.50. The number of aliphatic hydroxyl groups is 5. The van der Waals surface area contributed by atoms with E-state index in [4.69, 9.17) is 91.0 Å². The first-order valence-corrected chi connectivity index (χ1v) is 50.8. The molecule has 2 amide bonds. The van der Waals surface area contributed by atoms with Gasteiger partial charge in [-0.15, -0.1) is 0 Å². The molecule has 38 nitrogen and oxygen atoms in total. The SMILES string of the molecule is CC[C@H]1OC(=O)[C@H](C)[C@@H](O[C@H]2C[C@@](C)(OC)[C@@H](OC(=O)CCN(CC)CC)[C@H](C)O2)[C@H](C)[C@@H](O[C@@H]2O[C@H](C)C[C@H](N(C)CCC#N)[C@H]2OC(=O)OCc2ccccc2)[C@](C)(OC)C[C@@H](C)C(=O)N[C@H](C)[C@@H](O)[C@]1(C)O.CC[C@H]1OC(=O)[C@H](C)[C@@H](O[C@H]2C[C@@](C)(OC)[C@@H](OC(=O)CCN(CC)CC)[C@H](C)O2)[C@H](C)[C@@H](O[C@@H]2O[C@H](C)C[C@H](N(C)CCCN)[C@H]2O)[C@](C)(OC)C[C@@H](C)C(=O)N[C@H](C)[C@@H](O)[C@]1(C)O. The summed E-state index contributed by atoms with van der Waals surface area (Å²) in [5.41, 5.74) is -2.40. The minimum atomic E-state index is -2.03. The number of likely N-dealkylation sites (N-methyl/N-ethyl adjacent to an activating group) is 2. The van der Waals surface area contributed by atoms with Crippen molar-refractivity contribution in [1.29, 1.82) is 5.26 Å². The van der Waals surface area contributed by atoms with Crippen LogP contribution in [-0.2, 0) is 121 Å². The van der Waals surface area contributed by atoms with Gasteiger partial charge in [-0.25, -0.2) is 4.79 Å². The monoisotopic (exact) mass is 2000 g/mol. The van der Waals surface area contributed by atoms with Crippen molar-refractivity contribution in [3.05, 3.63) is 35.9 Å². The van der Waals surface area contributed by atoms with E-state index in [9.17, 15) is 64.4 Å². The Morgan fingerprint density at radius 3 is 1.28 bits per heavy atom. The van der Waals surface area contributed by atoms with Crippen LogP contribution in [0.2, 0.25) is 0 Å². The smallest absolute Gasteiger partial charge is 0.459 e. The predicted molar refractivity (Wildman–Crippen MR) is 519 cm³/mol. The van der Waals surface area contributed by atoms with Crippen LogP contribution in [0.5, 0.6) is 0 Å². The van der Waals surface area contributed by atoms with E-state index in [0.717, 1.165) is 38.2 Å². The van der Waals surface area contributed by atoms with E-state index >= 15 is 0 Å². The quantitative estimate of drug-likeness (QED) is 0.0231. The number of rotatable bonds is 36. The molecule has 0 aliphatic carbocycles. The summed E-state index contributed by atoms with van der Waals surface area (Å²) in [5, 5.41) is 74.1. The molecule has 0 saturated carbocycles. The molecule has 0 radical (unpaired) electrons. The number of carbonyl (C=O) groups excluding carboxylic acids is 7. The van der Waals surface area contributed by atoms with Crippen LogP contribution in [0.25, 0.3) is 0 Å². The first kappa shape index (κ1) is 123. The van der Waals surface area contributed by atoms with Crippen LogP contribution in [0.4, 0.5) is 4.79 Å². The second kappa shape index (κ2) is 55.6.